The van der Waals surface area contributed by atoms with Crippen molar-refractivity contribution in [3.63, 3.8) is 0 Å². The number of nitrogens with two attached hydrogens (primary N) is 1. The van der Waals surface area contributed by atoms with Crippen molar-refractivity contribution in [1.82, 2.24) is 14.7 Å². The zero-order valence-electron chi connectivity index (χ0n) is 9.28. The van der Waals surface area contributed by atoms with E-state index in [1.165, 1.54) is 11.3 Å². The molecule has 0 saturated heterocycles. The number of anilines is 1. The molecular weight excluding hydrogens is 176 g/mol. The van der Waals surface area contributed by atoms with Crippen LogP contribution in [0.2, 0.25) is 0 Å². The standard InChI is InChI=1S/C10H18N4/c1-6(2)8-9-7(5-13(8)3)10(11)12-14(9)4/h6,8H,5H2,1-4H3,(H2,11,12). The van der Waals surface area contributed by atoms with Crippen LogP contribution >= 0.6 is 0 Å². The first-order valence-corrected chi connectivity index (χ1v) is 5.04. The van der Waals surface area contributed by atoms with Crippen molar-refractivity contribution in [1.29, 1.82) is 0 Å². The summed E-state index contributed by atoms with van der Waals surface area (Å²) in [6.45, 7) is 5.40. The Balaban J connectivity index is 2.50. The highest BCUT2D eigenvalue weighted by atomic mass is 15.3. The molecule has 2 rings (SSSR count). The molecule has 4 heteroatoms. The van der Waals surface area contributed by atoms with Crippen LogP contribution in [0.5, 0.6) is 0 Å². The summed E-state index contributed by atoms with van der Waals surface area (Å²) in [6.07, 6.45) is 0. The van der Waals surface area contributed by atoms with E-state index in [4.69, 9.17) is 5.73 Å². The summed E-state index contributed by atoms with van der Waals surface area (Å²) in [7, 11) is 4.12. The quantitative estimate of drug-likeness (QED) is 0.729. The van der Waals surface area contributed by atoms with Gasteiger partial charge < -0.3 is 5.73 Å². The van der Waals surface area contributed by atoms with Gasteiger partial charge in [0.2, 0.25) is 0 Å². The number of aryl methyl sites for hydroxylation is 1. The minimum atomic E-state index is 0.458. The normalized spacial score (nSPS) is 21.9. The number of nitrogens with zero attached hydrogens (tertiary/aromatic N) is 3. The monoisotopic (exact) mass is 194 g/mol. The Bertz CT molecular complexity index is 353. The summed E-state index contributed by atoms with van der Waals surface area (Å²) in [5, 5.41) is 4.27. The van der Waals surface area contributed by atoms with E-state index < -0.39 is 0 Å². The Morgan fingerprint density at radius 1 is 1.43 bits per heavy atom. The minimum Gasteiger partial charge on any atom is -0.382 e. The fraction of sp³-hybridized carbons (Fsp3) is 0.700. The van der Waals surface area contributed by atoms with E-state index in [9.17, 15) is 0 Å². The second-order valence-corrected chi connectivity index (χ2v) is 4.48. The van der Waals surface area contributed by atoms with Gasteiger partial charge in [-0.1, -0.05) is 13.8 Å². The van der Waals surface area contributed by atoms with Crippen LogP contribution in [0.15, 0.2) is 0 Å². The van der Waals surface area contributed by atoms with Crippen LogP contribution in [-0.2, 0) is 13.6 Å². The van der Waals surface area contributed by atoms with Gasteiger partial charge in [-0.2, -0.15) is 5.10 Å². The molecule has 1 atom stereocenters. The third kappa shape index (κ3) is 1.14. The maximum Gasteiger partial charge on any atom is 0.150 e. The molecule has 1 unspecified atom stereocenters. The first-order chi connectivity index (χ1) is 6.52. The van der Waals surface area contributed by atoms with Crippen LogP contribution < -0.4 is 5.73 Å². The molecule has 2 heterocycles. The molecule has 0 amide bonds. The van der Waals surface area contributed by atoms with Gasteiger partial charge in [-0.3, -0.25) is 9.58 Å². The van der Waals surface area contributed by atoms with Gasteiger partial charge in [0.1, 0.15) is 5.82 Å². The lowest BCUT2D eigenvalue weighted by Gasteiger charge is -2.24. The van der Waals surface area contributed by atoms with Crippen LogP contribution in [0.3, 0.4) is 0 Å². The van der Waals surface area contributed by atoms with E-state index in [0.29, 0.717) is 17.8 Å². The topological polar surface area (TPSA) is 47.1 Å². The molecule has 14 heavy (non-hydrogen) atoms. The zero-order valence-corrected chi connectivity index (χ0v) is 9.28. The molecule has 1 aromatic heterocycles. The van der Waals surface area contributed by atoms with Gasteiger partial charge in [0.15, 0.2) is 0 Å². The Hall–Kier alpha value is -1.03. The predicted octanol–water partition coefficient (Wildman–Crippen LogP) is 1.14. The summed E-state index contributed by atoms with van der Waals surface area (Å²) < 4.78 is 1.93. The Morgan fingerprint density at radius 3 is 2.64 bits per heavy atom. The number of nitrogen functional groups attached to an aromatic ring is 1. The predicted molar refractivity (Wildman–Crippen MR) is 56.7 cm³/mol. The molecule has 0 saturated carbocycles. The summed E-state index contributed by atoms with van der Waals surface area (Å²) in [5.74, 6) is 1.29. The molecule has 1 aliphatic rings. The summed E-state index contributed by atoms with van der Waals surface area (Å²) >= 11 is 0. The molecule has 0 aliphatic carbocycles. The maximum absolute atomic E-state index is 5.86. The van der Waals surface area contributed by atoms with Gasteiger partial charge in [0, 0.05) is 19.2 Å². The fourth-order valence-electron chi connectivity index (χ4n) is 2.52. The van der Waals surface area contributed by atoms with Crippen LogP contribution in [0.1, 0.15) is 31.1 Å². The number of rotatable bonds is 1. The smallest absolute Gasteiger partial charge is 0.150 e. The van der Waals surface area contributed by atoms with E-state index >= 15 is 0 Å². The van der Waals surface area contributed by atoms with Gasteiger partial charge in [-0.25, -0.2) is 0 Å². The zero-order chi connectivity index (χ0) is 10.5. The largest absolute Gasteiger partial charge is 0.382 e. The fourth-order valence-corrected chi connectivity index (χ4v) is 2.52. The third-order valence-corrected chi connectivity index (χ3v) is 3.02. The highest BCUT2D eigenvalue weighted by Gasteiger charge is 2.34. The van der Waals surface area contributed by atoms with Crippen molar-refractivity contribution in [3.8, 4) is 0 Å². The molecule has 0 bridgehead atoms. The lowest BCUT2D eigenvalue weighted by molar-refractivity contribution is 0.206. The first-order valence-electron chi connectivity index (χ1n) is 5.04. The number of aromatic nitrogens is 2. The number of hydrogen-bond donors (Lipinski definition) is 1. The Morgan fingerprint density at radius 2 is 2.07 bits per heavy atom. The van der Waals surface area contributed by atoms with Crippen LogP contribution in [0.4, 0.5) is 5.82 Å². The van der Waals surface area contributed by atoms with Crippen molar-refractivity contribution < 1.29 is 0 Å². The molecule has 0 spiro atoms. The summed E-state index contributed by atoms with van der Waals surface area (Å²) in [4.78, 5) is 2.34. The highest BCUT2D eigenvalue weighted by Crippen LogP contribution is 2.39. The number of hydrogen-bond acceptors (Lipinski definition) is 3. The molecule has 2 N–H and O–H groups in total. The van der Waals surface area contributed by atoms with Crippen LogP contribution in [0, 0.1) is 5.92 Å². The molecule has 4 nitrogen and oxygen atoms in total. The highest BCUT2D eigenvalue weighted by molar-refractivity contribution is 5.46. The Kier molecular flexibility index (Phi) is 2.03. The van der Waals surface area contributed by atoms with Crippen LogP contribution in [0.25, 0.3) is 0 Å². The lowest BCUT2D eigenvalue weighted by Crippen LogP contribution is -2.23. The lowest BCUT2D eigenvalue weighted by atomic mass is 10.0. The molecule has 0 radical (unpaired) electrons. The van der Waals surface area contributed by atoms with Crippen LogP contribution in [-0.4, -0.2) is 21.7 Å². The van der Waals surface area contributed by atoms with Gasteiger partial charge in [-0.05, 0) is 13.0 Å². The van der Waals surface area contributed by atoms with Crippen molar-refractivity contribution >= 4 is 5.82 Å². The van der Waals surface area contributed by atoms with Crippen molar-refractivity contribution in [2.24, 2.45) is 13.0 Å². The average molecular weight is 194 g/mol. The van der Waals surface area contributed by atoms with Gasteiger partial charge in [-0.15, -0.1) is 0 Å². The molecule has 1 aromatic rings. The van der Waals surface area contributed by atoms with Crippen molar-refractivity contribution in [2.45, 2.75) is 26.4 Å². The second kappa shape index (κ2) is 2.98. The summed E-state index contributed by atoms with van der Waals surface area (Å²) in [6, 6.07) is 0.458. The van der Waals surface area contributed by atoms with E-state index in [2.05, 4.69) is 30.9 Å². The third-order valence-electron chi connectivity index (χ3n) is 3.02. The van der Waals surface area contributed by atoms with Gasteiger partial charge in [0.05, 0.1) is 11.7 Å². The minimum absolute atomic E-state index is 0.458. The maximum atomic E-state index is 5.86. The average Bonchev–Trinajstić information content (AvgIpc) is 2.52. The van der Waals surface area contributed by atoms with Gasteiger partial charge >= 0.3 is 0 Å². The second-order valence-electron chi connectivity index (χ2n) is 4.48. The van der Waals surface area contributed by atoms with E-state index in [1.54, 1.807) is 0 Å². The molecule has 78 valence electrons. The molecule has 0 aromatic carbocycles. The first kappa shape index (κ1) is 9.52. The molecule has 0 fully saturated rings. The van der Waals surface area contributed by atoms with Gasteiger partial charge in [0.25, 0.3) is 0 Å². The molecular formula is C10H18N4. The van der Waals surface area contributed by atoms with E-state index in [-0.39, 0.29) is 0 Å². The van der Waals surface area contributed by atoms with E-state index in [0.717, 1.165) is 6.54 Å². The Labute approximate surface area is 84.7 Å². The number of fused-ring (bicyclic) bond motifs is 1. The molecule has 1 aliphatic heterocycles. The van der Waals surface area contributed by atoms with Crippen molar-refractivity contribution in [2.75, 3.05) is 12.8 Å². The van der Waals surface area contributed by atoms with E-state index in [1.807, 2.05) is 11.7 Å². The van der Waals surface area contributed by atoms with Crippen molar-refractivity contribution in [3.05, 3.63) is 11.3 Å². The summed E-state index contributed by atoms with van der Waals surface area (Å²) in [5.41, 5.74) is 8.37. The SMILES string of the molecule is CC(C)C1c2c(c(N)nn2C)CN1C.